The molecule has 2 N–H and O–H groups in total. The predicted molar refractivity (Wildman–Crippen MR) is 92.4 cm³/mol. The molecule has 1 unspecified atom stereocenters. The highest BCUT2D eigenvalue weighted by molar-refractivity contribution is 7.80. The zero-order valence-electron chi connectivity index (χ0n) is 13.3. The highest BCUT2D eigenvalue weighted by Gasteiger charge is 2.20. The minimum Gasteiger partial charge on any atom is -0.474 e. The van der Waals surface area contributed by atoms with Crippen molar-refractivity contribution in [2.45, 2.75) is 6.17 Å². The molecule has 0 bridgehead atoms. The Morgan fingerprint density at radius 2 is 2.21 bits per heavy atom. The van der Waals surface area contributed by atoms with Crippen LogP contribution in [0, 0.1) is 5.82 Å². The van der Waals surface area contributed by atoms with Crippen molar-refractivity contribution >= 4 is 23.1 Å². The molecule has 2 heterocycles. The molecule has 1 aliphatic heterocycles. The van der Waals surface area contributed by atoms with E-state index in [0.29, 0.717) is 11.3 Å². The van der Waals surface area contributed by atoms with Gasteiger partial charge in [0.25, 0.3) is 5.17 Å². The van der Waals surface area contributed by atoms with Crippen molar-refractivity contribution in [3.05, 3.63) is 42.0 Å². The SMILES string of the molecule is COC(=S)NC(c1ccc(N2CCNCC2)c(F)c1)n1ccnn1. The maximum absolute atomic E-state index is 14.7. The number of rotatable bonds is 4. The Labute approximate surface area is 144 Å². The summed E-state index contributed by atoms with van der Waals surface area (Å²) in [5.41, 5.74) is 1.28. The first kappa shape index (κ1) is 16.6. The van der Waals surface area contributed by atoms with Crippen LogP contribution < -0.4 is 15.5 Å². The van der Waals surface area contributed by atoms with Crippen molar-refractivity contribution < 1.29 is 9.13 Å². The van der Waals surface area contributed by atoms with Crippen LogP contribution in [-0.4, -0.2) is 53.5 Å². The Morgan fingerprint density at radius 3 is 2.83 bits per heavy atom. The van der Waals surface area contributed by atoms with Gasteiger partial charge < -0.3 is 20.3 Å². The molecule has 2 aromatic rings. The van der Waals surface area contributed by atoms with Crippen LogP contribution in [0.3, 0.4) is 0 Å². The van der Waals surface area contributed by atoms with Gasteiger partial charge >= 0.3 is 0 Å². The zero-order valence-corrected chi connectivity index (χ0v) is 14.1. The molecule has 7 nitrogen and oxygen atoms in total. The molecule has 1 atom stereocenters. The molecule has 1 aromatic heterocycles. The van der Waals surface area contributed by atoms with Crippen LogP contribution in [0.1, 0.15) is 11.7 Å². The average Bonchev–Trinajstić information content (AvgIpc) is 3.14. The lowest BCUT2D eigenvalue weighted by Crippen LogP contribution is -2.43. The van der Waals surface area contributed by atoms with Gasteiger partial charge in [0.05, 0.1) is 19.0 Å². The molecule has 1 fully saturated rings. The summed E-state index contributed by atoms with van der Waals surface area (Å²) < 4.78 is 21.2. The van der Waals surface area contributed by atoms with Crippen molar-refractivity contribution in [1.82, 2.24) is 25.6 Å². The van der Waals surface area contributed by atoms with E-state index < -0.39 is 6.17 Å². The number of hydrogen-bond acceptors (Lipinski definition) is 6. The minimum absolute atomic E-state index is 0.196. The molecule has 9 heteroatoms. The lowest BCUT2D eigenvalue weighted by Gasteiger charge is -2.30. The van der Waals surface area contributed by atoms with Crippen LogP contribution in [-0.2, 0) is 4.74 Å². The lowest BCUT2D eigenvalue weighted by molar-refractivity contribution is 0.364. The number of nitrogens with zero attached hydrogens (tertiary/aromatic N) is 4. The Morgan fingerprint density at radius 1 is 1.42 bits per heavy atom. The molecule has 1 aliphatic rings. The van der Waals surface area contributed by atoms with Gasteiger partial charge in [-0.25, -0.2) is 9.07 Å². The van der Waals surface area contributed by atoms with Gasteiger partial charge in [-0.15, -0.1) is 5.10 Å². The van der Waals surface area contributed by atoms with E-state index in [0.717, 1.165) is 26.2 Å². The number of hydrogen-bond donors (Lipinski definition) is 2. The normalized spacial score (nSPS) is 15.8. The molecule has 128 valence electrons. The number of piperazine rings is 1. The third-order valence-electron chi connectivity index (χ3n) is 3.89. The average molecular weight is 350 g/mol. The van der Waals surface area contributed by atoms with Gasteiger partial charge in [-0.05, 0) is 29.9 Å². The third-order valence-corrected chi connectivity index (χ3v) is 4.18. The number of methoxy groups -OCH3 is 1. The number of thiocarbonyl (C=S) groups is 1. The van der Waals surface area contributed by atoms with Gasteiger partial charge in [0.1, 0.15) is 5.82 Å². The Hall–Kier alpha value is -2.26. The summed E-state index contributed by atoms with van der Waals surface area (Å²) in [7, 11) is 1.47. The first-order valence-electron chi connectivity index (χ1n) is 7.64. The van der Waals surface area contributed by atoms with Crippen molar-refractivity contribution in [3.63, 3.8) is 0 Å². The van der Waals surface area contributed by atoms with E-state index in [1.807, 2.05) is 11.0 Å². The zero-order chi connectivity index (χ0) is 16.9. The first-order chi connectivity index (χ1) is 11.7. The summed E-state index contributed by atoms with van der Waals surface area (Å²) in [6.07, 6.45) is 2.74. The molecule has 0 spiro atoms. The molecule has 0 saturated carbocycles. The van der Waals surface area contributed by atoms with Crippen LogP contribution in [0.5, 0.6) is 0 Å². The molecule has 3 rings (SSSR count). The van der Waals surface area contributed by atoms with E-state index in [-0.39, 0.29) is 11.0 Å². The lowest BCUT2D eigenvalue weighted by atomic mass is 10.1. The second kappa shape index (κ2) is 7.54. The van der Waals surface area contributed by atoms with E-state index >= 15 is 0 Å². The number of anilines is 1. The molecular formula is C15H19FN6OS. The van der Waals surface area contributed by atoms with Crippen LogP contribution in [0.25, 0.3) is 0 Å². The standard InChI is InChI=1S/C15H19FN6OS/c1-23-15(24)19-14(22-9-6-18-20-22)11-2-3-13(12(16)10-11)21-7-4-17-5-8-21/h2-3,6,9-10,14,17H,4-5,7-8H2,1H3,(H,19,24). The predicted octanol–water partition coefficient (Wildman–Crippen LogP) is 0.895. The Balaban J connectivity index is 1.87. The van der Waals surface area contributed by atoms with Crippen LogP contribution in [0.2, 0.25) is 0 Å². The maximum atomic E-state index is 14.7. The van der Waals surface area contributed by atoms with Crippen molar-refractivity contribution in [2.24, 2.45) is 0 Å². The minimum atomic E-state index is -0.494. The summed E-state index contributed by atoms with van der Waals surface area (Å²) in [6.45, 7) is 3.28. The fourth-order valence-corrected chi connectivity index (χ4v) is 2.79. The van der Waals surface area contributed by atoms with E-state index in [1.54, 1.807) is 23.1 Å². The van der Waals surface area contributed by atoms with E-state index in [2.05, 4.69) is 20.9 Å². The third kappa shape index (κ3) is 3.62. The monoisotopic (exact) mass is 350 g/mol. The summed E-state index contributed by atoms with van der Waals surface area (Å²) >= 11 is 5.06. The number of halogens is 1. The Bertz CT molecular complexity index is 689. The summed E-state index contributed by atoms with van der Waals surface area (Å²) in [5.74, 6) is -0.273. The molecular weight excluding hydrogens is 331 g/mol. The molecule has 0 amide bonds. The van der Waals surface area contributed by atoms with E-state index in [1.165, 1.54) is 13.2 Å². The number of benzene rings is 1. The largest absolute Gasteiger partial charge is 0.474 e. The van der Waals surface area contributed by atoms with Crippen molar-refractivity contribution in [3.8, 4) is 0 Å². The smallest absolute Gasteiger partial charge is 0.258 e. The molecule has 24 heavy (non-hydrogen) atoms. The van der Waals surface area contributed by atoms with Crippen LogP contribution >= 0.6 is 12.2 Å². The van der Waals surface area contributed by atoms with Crippen molar-refractivity contribution in [2.75, 3.05) is 38.2 Å². The van der Waals surface area contributed by atoms with Gasteiger partial charge in [0.2, 0.25) is 0 Å². The molecule has 1 aromatic carbocycles. The second-order valence-corrected chi connectivity index (χ2v) is 5.74. The van der Waals surface area contributed by atoms with Crippen LogP contribution in [0.15, 0.2) is 30.6 Å². The van der Waals surface area contributed by atoms with Gasteiger partial charge in [-0.3, -0.25) is 0 Å². The highest BCUT2D eigenvalue weighted by atomic mass is 32.1. The first-order valence-corrected chi connectivity index (χ1v) is 8.05. The Kier molecular flexibility index (Phi) is 5.21. The van der Waals surface area contributed by atoms with E-state index in [9.17, 15) is 4.39 Å². The van der Waals surface area contributed by atoms with Gasteiger partial charge in [0, 0.05) is 32.4 Å². The summed E-state index contributed by atoms with van der Waals surface area (Å²) in [5, 5.41) is 14.2. The fraction of sp³-hybridized carbons (Fsp3) is 0.400. The highest BCUT2D eigenvalue weighted by Crippen LogP contribution is 2.24. The topological polar surface area (TPSA) is 67.2 Å². The number of ether oxygens (including phenoxy) is 1. The second-order valence-electron chi connectivity index (χ2n) is 5.37. The summed E-state index contributed by atoms with van der Waals surface area (Å²) in [6, 6.07) is 5.14. The van der Waals surface area contributed by atoms with Crippen molar-refractivity contribution in [1.29, 1.82) is 0 Å². The maximum Gasteiger partial charge on any atom is 0.258 e. The molecule has 0 radical (unpaired) electrons. The fourth-order valence-electron chi connectivity index (χ4n) is 2.68. The van der Waals surface area contributed by atoms with Gasteiger partial charge in [0.15, 0.2) is 6.17 Å². The summed E-state index contributed by atoms with van der Waals surface area (Å²) in [4.78, 5) is 2.04. The molecule has 0 aliphatic carbocycles. The van der Waals surface area contributed by atoms with Gasteiger partial charge in [-0.2, -0.15) is 0 Å². The van der Waals surface area contributed by atoms with Gasteiger partial charge in [-0.1, -0.05) is 11.3 Å². The van der Waals surface area contributed by atoms with Crippen LogP contribution in [0.4, 0.5) is 10.1 Å². The quantitative estimate of drug-likeness (QED) is 0.794. The molecule has 1 saturated heterocycles. The van der Waals surface area contributed by atoms with E-state index in [4.69, 9.17) is 17.0 Å². The number of nitrogens with one attached hydrogen (secondary N) is 2. The number of aromatic nitrogens is 3.